The number of nitrogens with one attached hydrogen (secondary N) is 1. The van der Waals surface area contributed by atoms with Crippen molar-refractivity contribution >= 4 is 5.69 Å². The predicted molar refractivity (Wildman–Crippen MR) is 58.4 cm³/mol. The molecule has 0 saturated heterocycles. The molecule has 3 nitrogen and oxygen atoms in total. The molecule has 0 fully saturated rings. The van der Waals surface area contributed by atoms with Gasteiger partial charge in [-0.1, -0.05) is 12.1 Å². The fourth-order valence-corrected chi connectivity index (χ4v) is 1.39. The molecule has 4 heteroatoms. The summed E-state index contributed by atoms with van der Waals surface area (Å²) in [5.74, 6) is 0.870. The summed E-state index contributed by atoms with van der Waals surface area (Å²) >= 11 is 0. The topological polar surface area (TPSA) is 45.4 Å². The second-order valence-corrected chi connectivity index (χ2v) is 3.36. The highest BCUT2D eigenvalue weighted by molar-refractivity contribution is 5.44. The Morgan fingerprint density at radius 3 is 2.56 bits per heavy atom. The number of halogens is 1. The summed E-state index contributed by atoms with van der Waals surface area (Å²) in [7, 11) is 0. The third-order valence-electron chi connectivity index (χ3n) is 2.20. The SMILES string of the molecule is OCc1ccc(CNc2ccccc2F)o1. The summed E-state index contributed by atoms with van der Waals surface area (Å²) in [5.41, 5.74) is 0.435. The molecule has 0 amide bonds. The molecule has 0 unspecified atom stereocenters. The van der Waals surface area contributed by atoms with Gasteiger partial charge in [0.2, 0.25) is 0 Å². The summed E-state index contributed by atoms with van der Waals surface area (Å²) in [5, 5.41) is 11.7. The fraction of sp³-hybridized carbons (Fsp3) is 0.167. The van der Waals surface area contributed by atoms with Crippen molar-refractivity contribution in [3.05, 3.63) is 53.7 Å². The molecule has 2 N–H and O–H groups in total. The van der Waals surface area contributed by atoms with E-state index < -0.39 is 0 Å². The van der Waals surface area contributed by atoms with Gasteiger partial charge in [-0.3, -0.25) is 0 Å². The standard InChI is InChI=1S/C12H12FNO2/c13-11-3-1-2-4-12(11)14-7-9-5-6-10(8-15)16-9/h1-6,14-15H,7-8H2. The number of rotatable bonds is 4. The first-order chi connectivity index (χ1) is 7.79. The summed E-state index contributed by atoms with van der Waals surface area (Å²) in [4.78, 5) is 0. The van der Waals surface area contributed by atoms with Crippen LogP contribution in [0.5, 0.6) is 0 Å². The van der Waals surface area contributed by atoms with Gasteiger partial charge in [0, 0.05) is 0 Å². The number of benzene rings is 1. The lowest BCUT2D eigenvalue weighted by Gasteiger charge is -2.04. The van der Waals surface area contributed by atoms with E-state index in [9.17, 15) is 4.39 Å². The van der Waals surface area contributed by atoms with Crippen LogP contribution in [0.15, 0.2) is 40.8 Å². The second-order valence-electron chi connectivity index (χ2n) is 3.36. The zero-order chi connectivity index (χ0) is 11.4. The van der Waals surface area contributed by atoms with Crippen LogP contribution in [0.2, 0.25) is 0 Å². The Hall–Kier alpha value is -1.81. The molecule has 1 heterocycles. The average Bonchev–Trinajstić information content (AvgIpc) is 2.76. The Bertz CT molecular complexity index is 468. The molecule has 16 heavy (non-hydrogen) atoms. The van der Waals surface area contributed by atoms with E-state index in [2.05, 4.69) is 5.32 Å². The van der Waals surface area contributed by atoms with Crippen molar-refractivity contribution in [1.29, 1.82) is 0 Å². The first-order valence-electron chi connectivity index (χ1n) is 4.96. The Balaban J connectivity index is 1.99. The zero-order valence-electron chi connectivity index (χ0n) is 8.61. The van der Waals surface area contributed by atoms with Crippen molar-refractivity contribution in [2.24, 2.45) is 0 Å². The largest absolute Gasteiger partial charge is 0.462 e. The van der Waals surface area contributed by atoms with Gasteiger partial charge in [-0.15, -0.1) is 0 Å². The number of furan rings is 1. The van der Waals surface area contributed by atoms with Crippen LogP contribution in [-0.4, -0.2) is 5.11 Å². The van der Waals surface area contributed by atoms with Crippen molar-refractivity contribution in [3.8, 4) is 0 Å². The molecule has 0 aliphatic heterocycles. The van der Waals surface area contributed by atoms with Gasteiger partial charge < -0.3 is 14.8 Å². The Labute approximate surface area is 92.5 Å². The minimum Gasteiger partial charge on any atom is -0.462 e. The lowest BCUT2D eigenvalue weighted by Crippen LogP contribution is -1.99. The first-order valence-corrected chi connectivity index (χ1v) is 4.96. The summed E-state index contributed by atoms with van der Waals surface area (Å²) in [6.45, 7) is 0.265. The van der Waals surface area contributed by atoms with Crippen LogP contribution in [0.4, 0.5) is 10.1 Å². The van der Waals surface area contributed by atoms with Gasteiger partial charge in [-0.25, -0.2) is 4.39 Å². The monoisotopic (exact) mass is 221 g/mol. The summed E-state index contributed by atoms with van der Waals surface area (Å²) in [6, 6.07) is 9.89. The number of aliphatic hydroxyl groups is 1. The van der Waals surface area contributed by atoms with Gasteiger partial charge >= 0.3 is 0 Å². The molecular weight excluding hydrogens is 209 g/mol. The lowest BCUT2D eigenvalue weighted by atomic mass is 10.3. The number of aliphatic hydroxyl groups excluding tert-OH is 1. The molecule has 0 aliphatic rings. The Morgan fingerprint density at radius 2 is 1.88 bits per heavy atom. The molecule has 0 bridgehead atoms. The summed E-state index contributed by atoms with van der Waals surface area (Å²) < 4.78 is 18.5. The maximum atomic E-state index is 13.2. The summed E-state index contributed by atoms with van der Waals surface area (Å²) in [6.07, 6.45) is 0. The number of hydrogen-bond acceptors (Lipinski definition) is 3. The highest BCUT2D eigenvalue weighted by Crippen LogP contribution is 2.15. The van der Waals surface area contributed by atoms with Crippen LogP contribution in [-0.2, 0) is 13.2 Å². The minimum atomic E-state index is -0.295. The van der Waals surface area contributed by atoms with Crippen molar-refractivity contribution in [2.45, 2.75) is 13.2 Å². The fourth-order valence-electron chi connectivity index (χ4n) is 1.39. The molecule has 2 aromatic rings. The van der Waals surface area contributed by atoms with Crippen molar-refractivity contribution in [3.63, 3.8) is 0 Å². The molecule has 0 spiro atoms. The molecule has 84 valence electrons. The van der Waals surface area contributed by atoms with Gasteiger partial charge in [-0.2, -0.15) is 0 Å². The van der Waals surface area contributed by atoms with Gasteiger partial charge in [0.25, 0.3) is 0 Å². The average molecular weight is 221 g/mol. The van der Waals surface area contributed by atoms with E-state index in [-0.39, 0.29) is 12.4 Å². The van der Waals surface area contributed by atoms with Crippen molar-refractivity contribution < 1.29 is 13.9 Å². The van der Waals surface area contributed by atoms with Gasteiger partial charge in [-0.05, 0) is 24.3 Å². The van der Waals surface area contributed by atoms with Gasteiger partial charge in [0.15, 0.2) is 0 Å². The predicted octanol–water partition coefficient (Wildman–Crippen LogP) is 2.52. The maximum Gasteiger partial charge on any atom is 0.146 e. The lowest BCUT2D eigenvalue weighted by molar-refractivity contribution is 0.244. The molecule has 1 aromatic carbocycles. The van der Waals surface area contributed by atoms with Gasteiger partial charge in [0.05, 0.1) is 12.2 Å². The van der Waals surface area contributed by atoms with E-state index >= 15 is 0 Å². The molecule has 1 aromatic heterocycles. The van der Waals surface area contributed by atoms with Gasteiger partial charge in [0.1, 0.15) is 23.9 Å². The number of hydrogen-bond donors (Lipinski definition) is 2. The Kier molecular flexibility index (Phi) is 3.22. The van der Waals surface area contributed by atoms with Crippen LogP contribution < -0.4 is 5.32 Å². The van der Waals surface area contributed by atoms with Crippen molar-refractivity contribution in [2.75, 3.05) is 5.32 Å². The zero-order valence-corrected chi connectivity index (χ0v) is 8.61. The third-order valence-corrected chi connectivity index (χ3v) is 2.20. The molecular formula is C12H12FNO2. The normalized spacial score (nSPS) is 10.4. The second kappa shape index (κ2) is 4.81. The third kappa shape index (κ3) is 2.41. The molecule has 0 atom stereocenters. The first kappa shape index (κ1) is 10.7. The molecule has 0 saturated carbocycles. The van der Waals surface area contributed by atoms with E-state index in [1.807, 2.05) is 0 Å². The highest BCUT2D eigenvalue weighted by Gasteiger charge is 2.03. The Morgan fingerprint density at radius 1 is 1.12 bits per heavy atom. The maximum absolute atomic E-state index is 13.2. The van der Waals surface area contributed by atoms with E-state index in [1.165, 1.54) is 6.07 Å². The number of anilines is 1. The minimum absolute atomic E-state index is 0.125. The molecule has 2 rings (SSSR count). The van der Waals surface area contributed by atoms with E-state index in [0.29, 0.717) is 23.8 Å². The van der Waals surface area contributed by atoms with Crippen LogP contribution >= 0.6 is 0 Å². The molecule has 0 radical (unpaired) electrons. The quantitative estimate of drug-likeness (QED) is 0.833. The van der Waals surface area contributed by atoms with Crippen LogP contribution in [0.25, 0.3) is 0 Å². The van der Waals surface area contributed by atoms with Crippen LogP contribution in [0.3, 0.4) is 0 Å². The van der Waals surface area contributed by atoms with E-state index in [4.69, 9.17) is 9.52 Å². The number of para-hydroxylation sites is 1. The van der Waals surface area contributed by atoms with Crippen molar-refractivity contribution in [1.82, 2.24) is 0 Å². The van der Waals surface area contributed by atoms with E-state index in [0.717, 1.165) is 0 Å². The molecule has 0 aliphatic carbocycles. The smallest absolute Gasteiger partial charge is 0.146 e. The highest BCUT2D eigenvalue weighted by atomic mass is 19.1. The van der Waals surface area contributed by atoms with E-state index in [1.54, 1.807) is 30.3 Å². The van der Waals surface area contributed by atoms with Crippen LogP contribution in [0.1, 0.15) is 11.5 Å². The van der Waals surface area contributed by atoms with Crippen LogP contribution in [0, 0.1) is 5.82 Å².